The number of benzene rings is 1. The largest absolute Gasteiger partial charge is 0.497 e. The third-order valence-electron chi connectivity index (χ3n) is 9.26. The number of piperazine rings is 1. The molecule has 9 heteroatoms. The first-order valence-corrected chi connectivity index (χ1v) is 17.2. The van der Waals surface area contributed by atoms with E-state index < -0.39 is 11.2 Å². The van der Waals surface area contributed by atoms with Gasteiger partial charge in [-0.25, -0.2) is 9.59 Å². The number of carbonyl (C=O) groups excluding carboxylic acids is 2. The molecule has 0 spiro atoms. The van der Waals surface area contributed by atoms with Gasteiger partial charge >= 0.3 is 12.1 Å². The molecule has 1 amide bonds. The van der Waals surface area contributed by atoms with E-state index in [1.807, 2.05) is 46.4 Å². The summed E-state index contributed by atoms with van der Waals surface area (Å²) in [7, 11) is 1.71. The molecule has 3 heterocycles. The monoisotopic (exact) mass is 629 g/mol. The highest BCUT2D eigenvalue weighted by atomic mass is 16.6. The number of carbonyl (C=O) groups is 2. The van der Waals surface area contributed by atoms with E-state index in [1.165, 1.54) is 24.8 Å². The first kappa shape index (κ1) is 35.5. The van der Waals surface area contributed by atoms with Crippen LogP contribution in [0.15, 0.2) is 24.3 Å². The Morgan fingerprint density at radius 2 is 1.56 bits per heavy atom. The molecule has 1 aromatic rings. The molecule has 45 heavy (non-hydrogen) atoms. The number of hydrogen-bond donors (Lipinski definition) is 0. The molecule has 0 radical (unpaired) electrons. The number of methoxy groups -OCH3 is 1. The van der Waals surface area contributed by atoms with Crippen molar-refractivity contribution in [3.63, 3.8) is 0 Å². The van der Waals surface area contributed by atoms with Crippen LogP contribution in [0.25, 0.3) is 0 Å². The van der Waals surface area contributed by atoms with E-state index in [0.717, 1.165) is 77.1 Å². The minimum Gasteiger partial charge on any atom is -0.497 e. The molecule has 3 saturated heterocycles. The average molecular weight is 630 g/mol. The summed E-state index contributed by atoms with van der Waals surface area (Å²) in [5.74, 6) is 1.28. The van der Waals surface area contributed by atoms with Gasteiger partial charge in [-0.05, 0) is 110 Å². The van der Waals surface area contributed by atoms with Gasteiger partial charge in [-0.3, -0.25) is 9.80 Å². The minimum atomic E-state index is -0.496. The smallest absolute Gasteiger partial charge is 0.410 e. The SMILES string of the molecule is COc1ccc(C[C@H]2CN3CC[C@H](OCC(=O)OC(C)(C)C)C[C@@H]3CN2CCCCC2CCN(C(=O)OC(C)(C)C)CC2)cc1. The number of amides is 1. The number of ether oxygens (including phenoxy) is 4. The Balaban J connectivity index is 1.27. The van der Waals surface area contributed by atoms with Gasteiger partial charge in [-0.2, -0.15) is 0 Å². The van der Waals surface area contributed by atoms with E-state index in [4.69, 9.17) is 18.9 Å². The van der Waals surface area contributed by atoms with Crippen molar-refractivity contribution >= 4 is 12.1 Å². The Morgan fingerprint density at radius 1 is 0.867 bits per heavy atom. The molecule has 0 aliphatic carbocycles. The summed E-state index contributed by atoms with van der Waals surface area (Å²) in [6.45, 7) is 17.2. The highest BCUT2D eigenvalue weighted by Crippen LogP contribution is 2.29. The van der Waals surface area contributed by atoms with Crippen LogP contribution in [-0.4, -0.2) is 109 Å². The van der Waals surface area contributed by atoms with Crippen LogP contribution in [0.3, 0.4) is 0 Å². The predicted octanol–water partition coefficient (Wildman–Crippen LogP) is 5.93. The number of rotatable bonds is 11. The molecule has 4 rings (SSSR count). The summed E-state index contributed by atoms with van der Waals surface area (Å²) >= 11 is 0. The van der Waals surface area contributed by atoms with Gasteiger partial charge < -0.3 is 23.8 Å². The Bertz CT molecular complexity index is 1070. The highest BCUT2D eigenvalue weighted by Gasteiger charge is 2.38. The molecule has 0 N–H and O–H groups in total. The van der Waals surface area contributed by atoms with Crippen molar-refractivity contribution in [2.75, 3.05) is 53.0 Å². The van der Waals surface area contributed by atoms with Gasteiger partial charge in [0, 0.05) is 44.8 Å². The summed E-state index contributed by atoms with van der Waals surface area (Å²) in [6.07, 6.45) is 8.55. The molecule has 1 aromatic carbocycles. The van der Waals surface area contributed by atoms with Gasteiger partial charge in [0.1, 0.15) is 23.6 Å². The standard InChI is InChI=1S/C36H59N3O6/c1-35(2,3)44-33(40)26-43-32-17-21-39-24-29(22-28-11-13-31(42-7)14-12-28)38(25-30(39)23-32)18-9-8-10-27-15-19-37(20-16-27)34(41)45-36(4,5)6/h11-14,27,29-30,32H,8-10,15-26H2,1-7H3/t29-,30+,32-/m0/s1. The summed E-state index contributed by atoms with van der Waals surface area (Å²) in [4.78, 5) is 31.9. The summed E-state index contributed by atoms with van der Waals surface area (Å²) in [5, 5.41) is 0. The van der Waals surface area contributed by atoms with E-state index in [9.17, 15) is 9.59 Å². The molecule has 0 unspecified atom stereocenters. The van der Waals surface area contributed by atoms with Crippen LogP contribution >= 0.6 is 0 Å². The van der Waals surface area contributed by atoms with Crippen LogP contribution in [0.1, 0.15) is 92.1 Å². The molecule has 0 saturated carbocycles. The van der Waals surface area contributed by atoms with Gasteiger partial charge in [0.25, 0.3) is 0 Å². The Kier molecular flexibility index (Phi) is 12.6. The average Bonchev–Trinajstić information content (AvgIpc) is 2.97. The number of esters is 1. The zero-order chi connectivity index (χ0) is 32.6. The summed E-state index contributed by atoms with van der Waals surface area (Å²) in [6, 6.07) is 9.42. The second-order valence-corrected chi connectivity index (χ2v) is 15.3. The van der Waals surface area contributed by atoms with Crippen LogP contribution in [0.2, 0.25) is 0 Å². The van der Waals surface area contributed by atoms with E-state index in [2.05, 4.69) is 34.1 Å². The lowest BCUT2D eigenvalue weighted by Gasteiger charge is -2.50. The number of likely N-dealkylation sites (tertiary alicyclic amines) is 1. The van der Waals surface area contributed by atoms with Crippen molar-refractivity contribution in [3.8, 4) is 5.75 Å². The molecule has 3 atom stereocenters. The van der Waals surface area contributed by atoms with Crippen molar-refractivity contribution in [3.05, 3.63) is 29.8 Å². The molecule has 3 aliphatic heterocycles. The first-order valence-electron chi connectivity index (χ1n) is 17.2. The third-order valence-corrected chi connectivity index (χ3v) is 9.26. The Hall–Kier alpha value is -2.36. The van der Waals surface area contributed by atoms with Gasteiger partial charge in [0.05, 0.1) is 13.2 Å². The lowest BCUT2D eigenvalue weighted by molar-refractivity contribution is -0.164. The second-order valence-electron chi connectivity index (χ2n) is 15.3. The van der Waals surface area contributed by atoms with E-state index in [-0.39, 0.29) is 24.8 Å². The fraction of sp³-hybridized carbons (Fsp3) is 0.778. The van der Waals surface area contributed by atoms with Crippen LogP contribution in [0, 0.1) is 5.92 Å². The highest BCUT2D eigenvalue weighted by molar-refractivity contribution is 5.71. The maximum Gasteiger partial charge on any atom is 0.410 e. The Morgan fingerprint density at radius 3 is 2.20 bits per heavy atom. The lowest BCUT2D eigenvalue weighted by atomic mass is 9.90. The second kappa shape index (κ2) is 16.0. The zero-order valence-electron chi connectivity index (χ0n) is 29.0. The molecule has 0 aromatic heterocycles. The maximum absolute atomic E-state index is 12.4. The molecule has 3 fully saturated rings. The first-order chi connectivity index (χ1) is 21.3. The fourth-order valence-corrected chi connectivity index (χ4v) is 6.99. The fourth-order valence-electron chi connectivity index (χ4n) is 6.99. The number of piperidine rings is 2. The van der Waals surface area contributed by atoms with Crippen molar-refractivity contribution in [1.29, 1.82) is 0 Å². The number of fused-ring (bicyclic) bond motifs is 1. The van der Waals surface area contributed by atoms with Gasteiger partial charge in [-0.1, -0.05) is 25.0 Å². The van der Waals surface area contributed by atoms with Gasteiger partial charge in [-0.15, -0.1) is 0 Å². The van der Waals surface area contributed by atoms with Crippen LogP contribution in [0.5, 0.6) is 5.75 Å². The molecular weight excluding hydrogens is 570 g/mol. The van der Waals surface area contributed by atoms with Crippen molar-refractivity contribution in [2.24, 2.45) is 5.92 Å². The topological polar surface area (TPSA) is 80.8 Å². The lowest BCUT2D eigenvalue weighted by Crippen LogP contribution is -2.61. The normalized spacial score (nSPS) is 23.8. The van der Waals surface area contributed by atoms with E-state index >= 15 is 0 Å². The van der Waals surface area contributed by atoms with Crippen molar-refractivity contribution in [2.45, 2.75) is 122 Å². The van der Waals surface area contributed by atoms with Gasteiger partial charge in [0.2, 0.25) is 0 Å². The Labute approximate surface area is 271 Å². The van der Waals surface area contributed by atoms with E-state index in [1.54, 1.807) is 7.11 Å². The number of nitrogens with zero attached hydrogens (tertiary/aromatic N) is 3. The minimum absolute atomic E-state index is 0.0230. The van der Waals surface area contributed by atoms with Crippen LogP contribution < -0.4 is 4.74 Å². The number of hydrogen-bond acceptors (Lipinski definition) is 8. The molecule has 9 nitrogen and oxygen atoms in total. The van der Waals surface area contributed by atoms with Crippen molar-refractivity contribution < 1.29 is 28.5 Å². The third kappa shape index (κ3) is 11.7. The number of unbranched alkanes of at least 4 members (excludes halogenated alkanes) is 1. The van der Waals surface area contributed by atoms with Crippen LogP contribution in [-0.2, 0) is 25.4 Å². The van der Waals surface area contributed by atoms with Crippen LogP contribution in [0.4, 0.5) is 4.79 Å². The molecule has 0 bridgehead atoms. The zero-order valence-corrected chi connectivity index (χ0v) is 29.0. The molecular formula is C36H59N3O6. The maximum atomic E-state index is 12.4. The van der Waals surface area contributed by atoms with E-state index in [0.29, 0.717) is 18.0 Å². The predicted molar refractivity (Wildman–Crippen MR) is 177 cm³/mol. The van der Waals surface area contributed by atoms with Gasteiger partial charge in [0.15, 0.2) is 0 Å². The quantitative estimate of drug-likeness (QED) is 0.220. The molecule has 3 aliphatic rings. The summed E-state index contributed by atoms with van der Waals surface area (Å²) < 4.78 is 22.5. The summed E-state index contributed by atoms with van der Waals surface area (Å²) in [5.41, 5.74) is 0.400. The molecule has 254 valence electrons. The van der Waals surface area contributed by atoms with Crippen molar-refractivity contribution in [1.82, 2.24) is 14.7 Å².